The van der Waals surface area contributed by atoms with Crippen molar-refractivity contribution in [1.82, 2.24) is 0 Å². The molecule has 0 unspecified atom stereocenters. The molecule has 0 saturated carbocycles. The molecule has 2 N–H and O–H groups in total. The highest BCUT2D eigenvalue weighted by Gasteiger charge is 2.22. The van der Waals surface area contributed by atoms with Gasteiger partial charge in [0.25, 0.3) is 0 Å². The lowest BCUT2D eigenvalue weighted by molar-refractivity contribution is 0.0527. The van der Waals surface area contributed by atoms with Crippen LogP contribution in [0.1, 0.15) is 45.8 Å². The molecule has 0 fully saturated rings. The van der Waals surface area contributed by atoms with Gasteiger partial charge in [-0.3, -0.25) is 0 Å². The Morgan fingerprint density at radius 3 is 2.56 bits per heavy atom. The summed E-state index contributed by atoms with van der Waals surface area (Å²) in [6, 6.07) is 6.16. The second kappa shape index (κ2) is 8.45. The number of carbonyl (C=O) groups is 1. The second-order valence-electron chi connectivity index (χ2n) is 5.81. The maximum Gasteiger partial charge on any atom is 0.341 e. The molecule has 4 nitrogen and oxygen atoms in total. The van der Waals surface area contributed by atoms with Crippen molar-refractivity contribution in [1.29, 1.82) is 0 Å². The lowest BCUT2D eigenvalue weighted by Crippen LogP contribution is -2.21. The Kier molecular flexibility index (Phi) is 6.56. The van der Waals surface area contributed by atoms with Crippen LogP contribution >= 0.6 is 23.6 Å². The quantitative estimate of drug-likeness (QED) is 0.553. The maximum atomic E-state index is 12.4. The normalized spacial score (nSPS) is 10.4. The van der Waals surface area contributed by atoms with Crippen molar-refractivity contribution in [2.24, 2.45) is 0 Å². The number of thiocarbonyl (C=S) groups is 1. The average molecular weight is 377 g/mol. The molecule has 1 aromatic heterocycles. The van der Waals surface area contributed by atoms with E-state index in [4.69, 9.17) is 17.0 Å². The number of hydrogen-bond acceptors (Lipinski definition) is 4. The SMILES string of the molecule is CCOC(=O)c1c(NC(=S)Nc2cc(C)ccc2C)sc(C)c1CC. The van der Waals surface area contributed by atoms with E-state index >= 15 is 0 Å². The van der Waals surface area contributed by atoms with Crippen LogP contribution < -0.4 is 10.6 Å². The van der Waals surface area contributed by atoms with Crippen molar-refractivity contribution < 1.29 is 9.53 Å². The molecule has 0 saturated heterocycles. The van der Waals surface area contributed by atoms with Crippen molar-refractivity contribution in [3.05, 3.63) is 45.3 Å². The van der Waals surface area contributed by atoms with E-state index < -0.39 is 0 Å². The molecule has 0 aliphatic carbocycles. The van der Waals surface area contributed by atoms with Gasteiger partial charge >= 0.3 is 5.97 Å². The molecule has 1 heterocycles. The molecule has 6 heteroatoms. The summed E-state index contributed by atoms with van der Waals surface area (Å²) < 4.78 is 5.22. The standard InChI is InChI=1S/C19H24N2O2S2/c1-6-14-13(5)25-17(16(14)18(22)23-7-2)21-19(24)20-15-10-11(3)8-9-12(15)4/h8-10H,6-7H2,1-5H3,(H2,20,21,24). The van der Waals surface area contributed by atoms with Gasteiger partial charge in [0.2, 0.25) is 0 Å². The number of rotatable bonds is 5. The van der Waals surface area contributed by atoms with E-state index in [-0.39, 0.29) is 5.97 Å². The van der Waals surface area contributed by atoms with Crippen molar-refractivity contribution >= 4 is 45.3 Å². The zero-order valence-electron chi connectivity index (χ0n) is 15.3. The Bertz CT molecular complexity index is 797. The molecular weight excluding hydrogens is 352 g/mol. The third kappa shape index (κ3) is 4.58. The summed E-state index contributed by atoms with van der Waals surface area (Å²) in [5.41, 5.74) is 4.83. The Morgan fingerprint density at radius 2 is 1.92 bits per heavy atom. The number of benzene rings is 1. The number of esters is 1. The monoisotopic (exact) mass is 376 g/mol. The minimum absolute atomic E-state index is 0.305. The minimum Gasteiger partial charge on any atom is -0.462 e. The summed E-state index contributed by atoms with van der Waals surface area (Å²) in [5.74, 6) is -0.305. The number of thiophene rings is 1. The zero-order chi connectivity index (χ0) is 18.6. The number of hydrogen-bond donors (Lipinski definition) is 2. The molecule has 0 bridgehead atoms. The van der Waals surface area contributed by atoms with Crippen LogP contribution in [-0.4, -0.2) is 17.7 Å². The van der Waals surface area contributed by atoms with Gasteiger partial charge in [-0.1, -0.05) is 19.1 Å². The summed E-state index contributed by atoms with van der Waals surface area (Å²) in [6.45, 7) is 10.3. The molecule has 0 atom stereocenters. The van der Waals surface area contributed by atoms with Gasteiger partial charge < -0.3 is 15.4 Å². The van der Waals surface area contributed by atoms with E-state index in [1.807, 2.05) is 40.7 Å². The van der Waals surface area contributed by atoms with Crippen molar-refractivity contribution in [3.63, 3.8) is 0 Å². The van der Waals surface area contributed by atoms with E-state index in [1.54, 1.807) is 0 Å². The first-order valence-corrected chi connectivity index (χ1v) is 9.54. The maximum absolute atomic E-state index is 12.4. The first-order chi connectivity index (χ1) is 11.9. The molecule has 25 heavy (non-hydrogen) atoms. The predicted molar refractivity (Wildman–Crippen MR) is 110 cm³/mol. The summed E-state index contributed by atoms with van der Waals surface area (Å²) in [7, 11) is 0. The molecule has 2 rings (SSSR count). The fourth-order valence-electron chi connectivity index (χ4n) is 2.64. The topological polar surface area (TPSA) is 50.4 Å². The van der Waals surface area contributed by atoms with Crippen molar-refractivity contribution in [2.75, 3.05) is 17.2 Å². The van der Waals surface area contributed by atoms with Crippen LogP contribution in [0.15, 0.2) is 18.2 Å². The Hall–Kier alpha value is -1.92. The molecule has 1 aromatic carbocycles. The highest BCUT2D eigenvalue weighted by atomic mass is 32.1. The first kappa shape index (κ1) is 19.4. The first-order valence-electron chi connectivity index (χ1n) is 8.32. The van der Waals surface area contributed by atoms with Gasteiger partial charge in [0.1, 0.15) is 5.00 Å². The number of ether oxygens (including phenoxy) is 1. The van der Waals surface area contributed by atoms with Crippen LogP contribution in [0.25, 0.3) is 0 Å². The van der Waals surface area contributed by atoms with E-state index in [0.717, 1.165) is 38.7 Å². The number of nitrogens with one attached hydrogen (secondary N) is 2. The van der Waals surface area contributed by atoms with Crippen molar-refractivity contribution in [3.8, 4) is 0 Å². The molecule has 0 radical (unpaired) electrons. The van der Waals surface area contributed by atoms with Crippen LogP contribution in [-0.2, 0) is 11.2 Å². The van der Waals surface area contributed by atoms with Crippen LogP contribution in [0.4, 0.5) is 10.7 Å². The fourth-order valence-corrected chi connectivity index (χ4v) is 4.05. The van der Waals surface area contributed by atoms with Crippen LogP contribution in [0.3, 0.4) is 0 Å². The fraction of sp³-hybridized carbons (Fsp3) is 0.368. The van der Waals surface area contributed by atoms with E-state index in [9.17, 15) is 4.79 Å². The van der Waals surface area contributed by atoms with Crippen LogP contribution in [0.2, 0.25) is 0 Å². The summed E-state index contributed by atoms with van der Waals surface area (Å²) in [6.07, 6.45) is 0.773. The molecule has 0 aliphatic rings. The average Bonchev–Trinajstić information content (AvgIpc) is 2.86. The van der Waals surface area contributed by atoms with Gasteiger partial charge in [0, 0.05) is 10.6 Å². The Labute approximate surface area is 158 Å². The van der Waals surface area contributed by atoms with E-state index in [1.165, 1.54) is 11.3 Å². The van der Waals surface area contributed by atoms with Gasteiger partial charge in [-0.25, -0.2) is 4.79 Å². The second-order valence-corrected chi connectivity index (χ2v) is 7.45. The minimum atomic E-state index is -0.305. The summed E-state index contributed by atoms with van der Waals surface area (Å²) in [5, 5.41) is 7.59. The van der Waals surface area contributed by atoms with Crippen molar-refractivity contribution in [2.45, 2.75) is 41.0 Å². The number of aryl methyl sites for hydroxylation is 3. The lowest BCUT2D eigenvalue weighted by Gasteiger charge is -2.13. The third-order valence-corrected chi connectivity index (χ3v) is 5.18. The van der Waals surface area contributed by atoms with Gasteiger partial charge in [-0.15, -0.1) is 11.3 Å². The summed E-state index contributed by atoms with van der Waals surface area (Å²) in [4.78, 5) is 13.5. The highest BCUT2D eigenvalue weighted by Crippen LogP contribution is 2.34. The predicted octanol–water partition coefficient (Wildman–Crippen LogP) is 5.22. The molecular formula is C19H24N2O2S2. The molecule has 2 aromatic rings. The molecule has 0 amide bonds. The van der Waals surface area contributed by atoms with Crippen LogP contribution in [0, 0.1) is 20.8 Å². The molecule has 0 aliphatic heterocycles. The van der Waals surface area contributed by atoms with Gasteiger partial charge in [0.05, 0.1) is 12.2 Å². The largest absolute Gasteiger partial charge is 0.462 e. The number of anilines is 2. The van der Waals surface area contributed by atoms with Gasteiger partial charge in [0.15, 0.2) is 5.11 Å². The Balaban J connectivity index is 2.25. The van der Waals surface area contributed by atoms with E-state index in [0.29, 0.717) is 17.3 Å². The van der Waals surface area contributed by atoms with Gasteiger partial charge in [-0.05, 0) is 69.1 Å². The molecule has 0 spiro atoms. The highest BCUT2D eigenvalue weighted by molar-refractivity contribution is 7.80. The third-order valence-electron chi connectivity index (χ3n) is 3.91. The Morgan fingerprint density at radius 1 is 1.20 bits per heavy atom. The van der Waals surface area contributed by atoms with E-state index in [2.05, 4.69) is 22.8 Å². The zero-order valence-corrected chi connectivity index (χ0v) is 16.9. The lowest BCUT2D eigenvalue weighted by atomic mass is 10.1. The number of carbonyl (C=O) groups excluding carboxylic acids is 1. The summed E-state index contributed by atoms with van der Waals surface area (Å²) >= 11 is 6.98. The van der Waals surface area contributed by atoms with Crippen LogP contribution in [0.5, 0.6) is 0 Å². The smallest absolute Gasteiger partial charge is 0.341 e. The van der Waals surface area contributed by atoms with Gasteiger partial charge in [-0.2, -0.15) is 0 Å². The molecule has 134 valence electrons.